The molecule has 1 saturated carbocycles. The molecule has 1 fully saturated rings. The summed E-state index contributed by atoms with van der Waals surface area (Å²) in [6.45, 7) is 2.22. The van der Waals surface area contributed by atoms with Crippen LogP contribution >= 0.6 is 22.9 Å². The smallest absolute Gasteiger partial charge is 0.266 e. The predicted octanol–water partition coefficient (Wildman–Crippen LogP) is 7.12. The molecule has 0 atom stereocenters. The van der Waals surface area contributed by atoms with E-state index in [1.807, 2.05) is 31.2 Å². The van der Waals surface area contributed by atoms with Crippen LogP contribution in [0.4, 0.5) is 8.78 Å². The van der Waals surface area contributed by atoms with Gasteiger partial charge in [-0.05, 0) is 74.1 Å². The standard InChI is InChI=1S/C29H28ClF2N3O2S/c1-16-11-18(14-34-13-16)17-3-10-24(37-2)19(12-17)15-35(21-6-4-20(33)5-7-21)29(36)28-26(30)25-22(31)8-9-23(32)27(25)38-28/h3,8-14,20-21H,4-7,15,33H2,1-2H3. The fourth-order valence-corrected chi connectivity index (χ4v) is 6.63. The van der Waals surface area contributed by atoms with E-state index in [0.717, 1.165) is 71.4 Å². The van der Waals surface area contributed by atoms with Crippen molar-refractivity contribution in [2.45, 2.75) is 51.2 Å². The summed E-state index contributed by atoms with van der Waals surface area (Å²) < 4.78 is 34.8. The molecule has 0 radical (unpaired) electrons. The molecule has 1 amide bonds. The number of thiophene rings is 1. The fraction of sp³-hybridized carbons (Fsp3) is 0.310. The lowest BCUT2D eigenvalue weighted by molar-refractivity contribution is 0.0610. The van der Waals surface area contributed by atoms with Crippen LogP contribution in [-0.4, -0.2) is 35.0 Å². The van der Waals surface area contributed by atoms with Gasteiger partial charge in [-0.1, -0.05) is 17.7 Å². The van der Waals surface area contributed by atoms with E-state index in [4.69, 9.17) is 22.1 Å². The maximum Gasteiger partial charge on any atom is 0.266 e. The third-order valence-corrected chi connectivity index (χ3v) is 8.82. The molecule has 9 heteroatoms. The SMILES string of the molecule is COc1ccc(-c2cncc(C)c2)cc1CN(C(=O)c1sc2c(F)ccc(F)c2c1Cl)C1CCC(N)CC1. The Kier molecular flexibility index (Phi) is 7.66. The quantitative estimate of drug-likeness (QED) is 0.275. The summed E-state index contributed by atoms with van der Waals surface area (Å²) in [6.07, 6.45) is 6.60. The van der Waals surface area contributed by atoms with E-state index in [9.17, 15) is 13.6 Å². The van der Waals surface area contributed by atoms with Gasteiger partial charge in [0.05, 0.1) is 22.2 Å². The lowest BCUT2D eigenvalue weighted by atomic mass is 9.90. The summed E-state index contributed by atoms with van der Waals surface area (Å²) in [5.41, 5.74) is 9.90. The number of amides is 1. The second kappa shape index (κ2) is 11.0. The lowest BCUT2D eigenvalue weighted by Gasteiger charge is -2.36. The number of hydrogen-bond acceptors (Lipinski definition) is 5. The van der Waals surface area contributed by atoms with Crippen molar-refractivity contribution in [1.29, 1.82) is 0 Å². The molecule has 2 aromatic carbocycles. The molecular weight excluding hydrogens is 528 g/mol. The van der Waals surface area contributed by atoms with Crippen molar-refractivity contribution < 1.29 is 18.3 Å². The van der Waals surface area contributed by atoms with Crippen molar-refractivity contribution in [3.05, 3.63) is 81.5 Å². The number of pyridine rings is 1. The van der Waals surface area contributed by atoms with Crippen LogP contribution in [0.25, 0.3) is 21.2 Å². The molecule has 0 saturated heterocycles. The Hall–Kier alpha value is -3.07. The van der Waals surface area contributed by atoms with E-state index in [1.54, 1.807) is 24.4 Å². The number of aromatic nitrogens is 1. The zero-order valence-electron chi connectivity index (χ0n) is 21.1. The Balaban J connectivity index is 1.57. The number of carbonyl (C=O) groups excluding carboxylic acids is 1. The van der Waals surface area contributed by atoms with Gasteiger partial charge in [0.15, 0.2) is 0 Å². The van der Waals surface area contributed by atoms with Crippen molar-refractivity contribution in [2.24, 2.45) is 5.73 Å². The summed E-state index contributed by atoms with van der Waals surface area (Å²) in [4.78, 5) is 20.3. The van der Waals surface area contributed by atoms with Crippen molar-refractivity contribution in [3.63, 3.8) is 0 Å². The fourth-order valence-electron chi connectivity index (χ4n) is 5.12. The molecular formula is C29H28ClF2N3O2S. The highest BCUT2D eigenvalue weighted by Crippen LogP contribution is 2.40. The summed E-state index contributed by atoms with van der Waals surface area (Å²) >= 11 is 7.41. The molecule has 4 aromatic rings. The van der Waals surface area contributed by atoms with Crippen LogP contribution in [0.2, 0.25) is 5.02 Å². The number of benzene rings is 2. The monoisotopic (exact) mass is 555 g/mol. The molecule has 0 bridgehead atoms. The average Bonchev–Trinajstić information content (AvgIpc) is 3.28. The van der Waals surface area contributed by atoms with Crippen LogP contribution in [0, 0.1) is 18.6 Å². The van der Waals surface area contributed by atoms with Gasteiger partial charge < -0.3 is 15.4 Å². The second-order valence-electron chi connectivity index (χ2n) is 9.76. The van der Waals surface area contributed by atoms with Gasteiger partial charge in [-0.25, -0.2) is 8.78 Å². The Bertz CT molecular complexity index is 1500. The van der Waals surface area contributed by atoms with Crippen LogP contribution in [0.3, 0.4) is 0 Å². The first-order chi connectivity index (χ1) is 18.3. The van der Waals surface area contributed by atoms with Gasteiger partial charge in [-0.2, -0.15) is 0 Å². The number of rotatable bonds is 6. The van der Waals surface area contributed by atoms with Crippen LogP contribution in [0.15, 0.2) is 48.8 Å². The number of halogens is 3. The largest absolute Gasteiger partial charge is 0.496 e. The number of aryl methyl sites for hydroxylation is 1. The van der Waals surface area contributed by atoms with Gasteiger partial charge in [0.2, 0.25) is 0 Å². The maximum absolute atomic E-state index is 14.6. The minimum Gasteiger partial charge on any atom is -0.496 e. The van der Waals surface area contributed by atoms with Crippen molar-refractivity contribution in [3.8, 4) is 16.9 Å². The Morgan fingerprint density at radius 3 is 2.53 bits per heavy atom. The molecule has 198 valence electrons. The molecule has 0 spiro atoms. The number of nitrogens with zero attached hydrogens (tertiary/aromatic N) is 2. The first kappa shape index (κ1) is 26.5. The van der Waals surface area contributed by atoms with Gasteiger partial charge in [0.25, 0.3) is 5.91 Å². The van der Waals surface area contributed by atoms with Crippen LogP contribution in [0.1, 0.15) is 46.5 Å². The normalized spacial score (nSPS) is 17.5. The highest BCUT2D eigenvalue weighted by atomic mass is 35.5. The number of methoxy groups -OCH3 is 1. The van der Waals surface area contributed by atoms with E-state index >= 15 is 0 Å². The predicted molar refractivity (Wildman–Crippen MR) is 148 cm³/mol. The van der Waals surface area contributed by atoms with Crippen LogP contribution in [0.5, 0.6) is 5.75 Å². The van der Waals surface area contributed by atoms with Crippen LogP contribution < -0.4 is 10.5 Å². The molecule has 5 rings (SSSR count). The average molecular weight is 556 g/mol. The number of ether oxygens (including phenoxy) is 1. The molecule has 0 aliphatic heterocycles. The highest BCUT2D eigenvalue weighted by molar-refractivity contribution is 7.21. The second-order valence-corrected chi connectivity index (χ2v) is 11.2. The summed E-state index contributed by atoms with van der Waals surface area (Å²) in [5.74, 6) is -0.985. The molecule has 38 heavy (non-hydrogen) atoms. The van der Waals surface area contributed by atoms with Crippen LogP contribution in [-0.2, 0) is 6.54 Å². The molecule has 2 N–H and O–H groups in total. The molecule has 1 aliphatic carbocycles. The molecule has 0 unspecified atom stereocenters. The van der Waals surface area contributed by atoms with E-state index < -0.39 is 11.6 Å². The van der Waals surface area contributed by atoms with Crippen molar-refractivity contribution >= 4 is 38.9 Å². The number of hydrogen-bond donors (Lipinski definition) is 1. The third-order valence-electron chi connectivity index (χ3n) is 7.15. The molecule has 5 nitrogen and oxygen atoms in total. The third kappa shape index (κ3) is 5.13. The van der Waals surface area contributed by atoms with Gasteiger partial charge >= 0.3 is 0 Å². The van der Waals surface area contributed by atoms with E-state index in [2.05, 4.69) is 4.98 Å². The van der Waals surface area contributed by atoms with E-state index in [-0.39, 0.29) is 44.5 Å². The molecule has 2 heterocycles. The zero-order chi connectivity index (χ0) is 27.0. The van der Waals surface area contributed by atoms with Gasteiger partial charge in [-0.3, -0.25) is 9.78 Å². The Morgan fingerprint density at radius 1 is 1.11 bits per heavy atom. The minimum absolute atomic E-state index is 0.0375. The maximum atomic E-state index is 14.6. The first-order valence-electron chi connectivity index (χ1n) is 12.5. The summed E-state index contributed by atoms with van der Waals surface area (Å²) in [5, 5.41) is -0.117. The topological polar surface area (TPSA) is 68.5 Å². The van der Waals surface area contributed by atoms with E-state index in [1.165, 1.54) is 0 Å². The minimum atomic E-state index is -0.655. The van der Waals surface area contributed by atoms with Crippen molar-refractivity contribution in [1.82, 2.24) is 9.88 Å². The van der Waals surface area contributed by atoms with Gasteiger partial charge in [0.1, 0.15) is 22.3 Å². The number of nitrogens with two attached hydrogens (primary N) is 1. The highest BCUT2D eigenvalue weighted by Gasteiger charge is 2.32. The Labute approximate surface area is 229 Å². The molecule has 1 aliphatic rings. The lowest BCUT2D eigenvalue weighted by Crippen LogP contribution is -2.43. The zero-order valence-corrected chi connectivity index (χ0v) is 22.7. The van der Waals surface area contributed by atoms with Gasteiger partial charge in [-0.15, -0.1) is 11.3 Å². The summed E-state index contributed by atoms with van der Waals surface area (Å²) in [6, 6.07) is 9.94. The van der Waals surface area contributed by atoms with Gasteiger partial charge in [0, 0.05) is 42.1 Å². The number of fused-ring (bicyclic) bond motifs is 1. The summed E-state index contributed by atoms with van der Waals surface area (Å²) in [7, 11) is 1.59. The Morgan fingerprint density at radius 2 is 1.84 bits per heavy atom. The molecule has 2 aromatic heterocycles. The first-order valence-corrected chi connectivity index (χ1v) is 13.7. The van der Waals surface area contributed by atoms with Crippen molar-refractivity contribution in [2.75, 3.05) is 7.11 Å². The number of carbonyl (C=O) groups is 1. The van der Waals surface area contributed by atoms with E-state index in [0.29, 0.717) is 5.75 Å².